The lowest BCUT2D eigenvalue weighted by atomic mass is 10.2. The van der Waals surface area contributed by atoms with Crippen LogP contribution in [-0.4, -0.2) is 24.5 Å². The van der Waals surface area contributed by atoms with Crippen LogP contribution in [-0.2, 0) is 27.9 Å². The number of nitrogens with one attached hydrogen (secondary N) is 2. The minimum Gasteiger partial charge on any atom is -0.451 e. The Kier molecular flexibility index (Phi) is 5.31. The third-order valence-corrected chi connectivity index (χ3v) is 7.20. The molecule has 0 bridgehead atoms. The average Bonchev–Trinajstić information content (AvgIpc) is 3.52. The SMILES string of the molecule is C=CC(=O)Nc1cc2c(o1)CN(S(=O)(=O)c1ccc(NC(=O)c3cc4ccccc4o3)cc1)C2. The van der Waals surface area contributed by atoms with Crippen molar-refractivity contribution in [3.05, 3.63) is 90.4 Å². The molecule has 3 heterocycles. The van der Waals surface area contributed by atoms with Crippen molar-refractivity contribution < 1.29 is 26.8 Å². The second-order valence-corrected chi connectivity index (χ2v) is 9.59. The van der Waals surface area contributed by atoms with Crippen molar-refractivity contribution in [3.63, 3.8) is 0 Å². The first kappa shape index (κ1) is 21.7. The van der Waals surface area contributed by atoms with Crippen LogP contribution in [0.15, 0.2) is 87.0 Å². The minimum absolute atomic E-state index is 0.0478. The van der Waals surface area contributed by atoms with Gasteiger partial charge in [0.15, 0.2) is 11.6 Å². The van der Waals surface area contributed by atoms with Crippen LogP contribution >= 0.6 is 0 Å². The largest absolute Gasteiger partial charge is 0.451 e. The number of carbonyl (C=O) groups excluding carboxylic acids is 2. The fourth-order valence-corrected chi connectivity index (χ4v) is 5.06. The van der Waals surface area contributed by atoms with Crippen molar-refractivity contribution in [2.45, 2.75) is 18.0 Å². The molecule has 172 valence electrons. The summed E-state index contributed by atoms with van der Waals surface area (Å²) < 4.78 is 38.5. The molecule has 0 radical (unpaired) electrons. The molecular weight excluding hydrogens is 458 g/mol. The van der Waals surface area contributed by atoms with Gasteiger partial charge in [-0.05, 0) is 42.5 Å². The second-order valence-electron chi connectivity index (χ2n) is 7.65. The highest BCUT2D eigenvalue weighted by Gasteiger charge is 2.33. The zero-order valence-corrected chi connectivity index (χ0v) is 18.6. The number of rotatable bonds is 6. The summed E-state index contributed by atoms with van der Waals surface area (Å²) in [5.74, 6) is 0.0288. The smallest absolute Gasteiger partial charge is 0.291 e. The summed E-state index contributed by atoms with van der Waals surface area (Å²) in [5, 5.41) is 6.03. The molecular formula is C24H19N3O6S. The summed E-state index contributed by atoms with van der Waals surface area (Å²) in [5.41, 5.74) is 1.72. The van der Waals surface area contributed by atoms with E-state index in [9.17, 15) is 18.0 Å². The van der Waals surface area contributed by atoms with Crippen LogP contribution in [0.25, 0.3) is 11.0 Å². The Morgan fingerprint density at radius 1 is 0.971 bits per heavy atom. The van der Waals surface area contributed by atoms with Gasteiger partial charge in [-0.3, -0.25) is 14.9 Å². The molecule has 0 fully saturated rings. The van der Waals surface area contributed by atoms with E-state index >= 15 is 0 Å². The molecule has 2 N–H and O–H groups in total. The van der Waals surface area contributed by atoms with Crippen LogP contribution in [0.5, 0.6) is 0 Å². The maximum Gasteiger partial charge on any atom is 0.291 e. The number of amides is 2. The van der Waals surface area contributed by atoms with E-state index in [4.69, 9.17) is 8.83 Å². The van der Waals surface area contributed by atoms with Crippen LogP contribution < -0.4 is 10.6 Å². The Labute approximate surface area is 194 Å². The first-order chi connectivity index (χ1) is 16.3. The molecule has 2 aromatic heterocycles. The summed E-state index contributed by atoms with van der Waals surface area (Å²) in [4.78, 5) is 24.0. The van der Waals surface area contributed by atoms with Crippen molar-refractivity contribution in [2.24, 2.45) is 0 Å². The third kappa shape index (κ3) is 4.00. The van der Waals surface area contributed by atoms with E-state index in [1.807, 2.05) is 18.2 Å². The number of furan rings is 2. The van der Waals surface area contributed by atoms with E-state index < -0.39 is 21.8 Å². The summed E-state index contributed by atoms with van der Waals surface area (Å²) in [6.07, 6.45) is 1.12. The molecule has 0 aliphatic carbocycles. The molecule has 0 saturated heterocycles. The van der Waals surface area contributed by atoms with Crippen LogP contribution in [0.3, 0.4) is 0 Å². The lowest BCUT2D eigenvalue weighted by Gasteiger charge is -2.16. The van der Waals surface area contributed by atoms with Crippen molar-refractivity contribution >= 4 is 44.4 Å². The Morgan fingerprint density at radius 2 is 1.74 bits per heavy atom. The van der Waals surface area contributed by atoms with Gasteiger partial charge in [-0.1, -0.05) is 24.8 Å². The highest BCUT2D eigenvalue weighted by Crippen LogP contribution is 2.33. The number of nitrogens with zero attached hydrogens (tertiary/aromatic N) is 1. The second kappa shape index (κ2) is 8.32. The molecule has 5 rings (SSSR count). The van der Waals surface area contributed by atoms with E-state index in [2.05, 4.69) is 17.2 Å². The maximum absolute atomic E-state index is 13.1. The molecule has 2 aromatic carbocycles. The lowest BCUT2D eigenvalue weighted by Crippen LogP contribution is -2.25. The zero-order valence-electron chi connectivity index (χ0n) is 17.8. The predicted octanol–water partition coefficient (Wildman–Crippen LogP) is 4.11. The van der Waals surface area contributed by atoms with Crippen molar-refractivity contribution in [1.29, 1.82) is 0 Å². The maximum atomic E-state index is 13.1. The molecule has 1 aliphatic heterocycles. The van der Waals surface area contributed by atoms with Gasteiger partial charge in [0, 0.05) is 29.2 Å². The van der Waals surface area contributed by atoms with Crippen LogP contribution in [0.4, 0.5) is 11.6 Å². The number of sulfonamides is 1. The monoisotopic (exact) mass is 477 g/mol. The molecule has 10 heteroatoms. The van der Waals surface area contributed by atoms with Gasteiger partial charge in [-0.2, -0.15) is 4.31 Å². The summed E-state index contributed by atoms with van der Waals surface area (Å²) in [6.45, 7) is 3.54. The Balaban J connectivity index is 1.26. The summed E-state index contributed by atoms with van der Waals surface area (Å²) >= 11 is 0. The van der Waals surface area contributed by atoms with Gasteiger partial charge in [0.1, 0.15) is 11.3 Å². The summed E-state index contributed by atoms with van der Waals surface area (Å²) in [6, 6.07) is 16.4. The van der Waals surface area contributed by atoms with Gasteiger partial charge in [0.25, 0.3) is 5.91 Å². The number of carbonyl (C=O) groups is 2. The highest BCUT2D eigenvalue weighted by atomic mass is 32.2. The normalized spacial score (nSPS) is 13.5. The van der Waals surface area contributed by atoms with Gasteiger partial charge >= 0.3 is 0 Å². The molecule has 34 heavy (non-hydrogen) atoms. The molecule has 1 aliphatic rings. The number of anilines is 2. The van der Waals surface area contributed by atoms with E-state index in [1.54, 1.807) is 18.2 Å². The number of hydrogen-bond donors (Lipinski definition) is 2. The molecule has 0 saturated carbocycles. The van der Waals surface area contributed by atoms with E-state index in [1.165, 1.54) is 28.6 Å². The topological polar surface area (TPSA) is 122 Å². The molecule has 0 atom stereocenters. The quantitative estimate of drug-likeness (QED) is 0.403. The van der Waals surface area contributed by atoms with Crippen LogP contribution in [0.2, 0.25) is 0 Å². The number of hydrogen-bond acceptors (Lipinski definition) is 6. The fraction of sp³-hybridized carbons (Fsp3) is 0.0833. The summed E-state index contributed by atoms with van der Waals surface area (Å²) in [7, 11) is -3.79. The molecule has 4 aromatic rings. The standard InChI is InChI=1S/C24H19N3O6S/c1-2-22(28)26-23-12-16-13-27(14-21(16)33-23)34(30,31)18-9-7-17(8-10-18)25-24(29)20-11-15-5-3-4-6-19(15)32-20/h2-12H,1,13-14H2,(H,25,29)(H,26,28). The fourth-order valence-electron chi connectivity index (χ4n) is 3.69. The first-order valence-corrected chi connectivity index (χ1v) is 11.7. The van der Waals surface area contributed by atoms with Crippen LogP contribution in [0.1, 0.15) is 21.9 Å². The van der Waals surface area contributed by atoms with E-state index in [0.29, 0.717) is 22.6 Å². The van der Waals surface area contributed by atoms with Gasteiger partial charge in [-0.25, -0.2) is 8.42 Å². The number of benzene rings is 2. The zero-order chi connectivity index (χ0) is 23.9. The number of fused-ring (bicyclic) bond motifs is 2. The van der Waals surface area contributed by atoms with Crippen molar-refractivity contribution in [1.82, 2.24) is 4.31 Å². The lowest BCUT2D eigenvalue weighted by molar-refractivity contribution is -0.112. The Hall–Kier alpha value is -4.15. The Bertz CT molecular complexity index is 1480. The van der Waals surface area contributed by atoms with Gasteiger partial charge in [-0.15, -0.1) is 0 Å². The van der Waals surface area contributed by atoms with Gasteiger partial charge in [0.05, 0.1) is 11.4 Å². The van der Waals surface area contributed by atoms with Gasteiger partial charge < -0.3 is 14.2 Å². The minimum atomic E-state index is -3.79. The Morgan fingerprint density at radius 3 is 2.44 bits per heavy atom. The third-order valence-electron chi connectivity index (χ3n) is 5.39. The molecule has 0 spiro atoms. The first-order valence-electron chi connectivity index (χ1n) is 10.3. The molecule has 0 unspecified atom stereocenters. The predicted molar refractivity (Wildman–Crippen MR) is 125 cm³/mol. The van der Waals surface area contributed by atoms with E-state index in [0.717, 1.165) is 11.5 Å². The van der Waals surface area contributed by atoms with Crippen LogP contribution in [0, 0.1) is 0 Å². The number of para-hydroxylation sites is 1. The highest BCUT2D eigenvalue weighted by molar-refractivity contribution is 7.89. The van der Waals surface area contributed by atoms with Gasteiger partial charge in [0.2, 0.25) is 15.9 Å². The van der Waals surface area contributed by atoms with Crippen molar-refractivity contribution in [2.75, 3.05) is 10.6 Å². The molecule has 9 nitrogen and oxygen atoms in total. The molecule has 2 amide bonds. The van der Waals surface area contributed by atoms with E-state index in [-0.39, 0.29) is 29.6 Å². The van der Waals surface area contributed by atoms with Crippen molar-refractivity contribution in [3.8, 4) is 0 Å². The average molecular weight is 477 g/mol.